The molecule has 0 bridgehead atoms. The highest BCUT2D eigenvalue weighted by atomic mass is 16.5. The molecular formula is C24H29N3O4. The summed E-state index contributed by atoms with van der Waals surface area (Å²) >= 11 is 0. The first-order valence-corrected chi connectivity index (χ1v) is 10.7. The number of benzene rings is 2. The lowest BCUT2D eigenvalue weighted by molar-refractivity contribution is 0.0239. The molecule has 2 aliphatic rings. The molecule has 2 atom stereocenters. The quantitative estimate of drug-likeness (QED) is 0.660. The second kappa shape index (κ2) is 9.08. The van der Waals surface area contributed by atoms with Crippen LogP contribution in [0, 0.1) is 0 Å². The van der Waals surface area contributed by atoms with Gasteiger partial charge in [0.05, 0.1) is 23.7 Å². The van der Waals surface area contributed by atoms with Crippen LogP contribution in [0.2, 0.25) is 0 Å². The molecule has 1 fully saturated rings. The van der Waals surface area contributed by atoms with Gasteiger partial charge < -0.3 is 25.4 Å². The Morgan fingerprint density at radius 1 is 1.19 bits per heavy atom. The summed E-state index contributed by atoms with van der Waals surface area (Å²) in [5, 5.41) is 8.91. The maximum Gasteiger partial charge on any atom is 0.254 e. The van der Waals surface area contributed by atoms with Crippen LogP contribution in [-0.2, 0) is 10.2 Å². The van der Waals surface area contributed by atoms with E-state index in [2.05, 4.69) is 22.9 Å². The van der Waals surface area contributed by atoms with Crippen molar-refractivity contribution in [2.75, 3.05) is 39.9 Å². The van der Waals surface area contributed by atoms with Crippen molar-refractivity contribution in [2.45, 2.75) is 24.9 Å². The molecule has 0 radical (unpaired) electrons. The first-order chi connectivity index (χ1) is 15.0. The van der Waals surface area contributed by atoms with E-state index in [9.17, 15) is 9.59 Å². The van der Waals surface area contributed by atoms with Crippen molar-refractivity contribution in [1.82, 2.24) is 16.0 Å². The van der Waals surface area contributed by atoms with Gasteiger partial charge in [-0.25, -0.2) is 0 Å². The van der Waals surface area contributed by atoms with Crippen molar-refractivity contribution in [3.63, 3.8) is 0 Å². The lowest BCUT2D eigenvalue weighted by atomic mass is 9.77. The number of amides is 2. The minimum atomic E-state index is -0.447. The maximum absolute atomic E-state index is 13.0. The van der Waals surface area contributed by atoms with Crippen LogP contribution in [0.25, 0.3) is 0 Å². The topological polar surface area (TPSA) is 88.7 Å². The molecule has 31 heavy (non-hydrogen) atoms. The standard InChI is InChI=1S/C24H29N3O4/c1-24(17-6-4-3-5-7-17)15-31-21-19(23(29)25-2)12-16(13-20(21)24)22(28)27-9-8-18-14-26-10-11-30-18/h3-7,12-13,18,26H,8-11,14-15H2,1-2H3,(H,25,29)(H,27,28)/t18-,24?/m1/s1. The molecule has 3 N–H and O–H groups in total. The fraction of sp³-hybridized carbons (Fsp3) is 0.417. The highest BCUT2D eigenvalue weighted by Gasteiger charge is 2.40. The molecule has 1 unspecified atom stereocenters. The van der Waals surface area contributed by atoms with Gasteiger partial charge in [0.25, 0.3) is 11.8 Å². The van der Waals surface area contributed by atoms with E-state index >= 15 is 0 Å². The van der Waals surface area contributed by atoms with Crippen molar-refractivity contribution in [3.8, 4) is 5.75 Å². The van der Waals surface area contributed by atoms with Crippen LogP contribution in [0.4, 0.5) is 0 Å². The molecule has 164 valence electrons. The maximum atomic E-state index is 13.0. The summed E-state index contributed by atoms with van der Waals surface area (Å²) in [6.07, 6.45) is 0.835. The van der Waals surface area contributed by atoms with Gasteiger partial charge in [-0.15, -0.1) is 0 Å². The van der Waals surface area contributed by atoms with Crippen LogP contribution in [-0.4, -0.2) is 57.8 Å². The van der Waals surface area contributed by atoms with E-state index in [0.717, 1.165) is 30.6 Å². The van der Waals surface area contributed by atoms with Gasteiger partial charge in [-0.2, -0.15) is 0 Å². The van der Waals surface area contributed by atoms with E-state index in [1.807, 2.05) is 36.4 Å². The molecule has 0 spiro atoms. The van der Waals surface area contributed by atoms with Crippen molar-refractivity contribution in [1.29, 1.82) is 0 Å². The molecule has 0 aromatic heterocycles. The van der Waals surface area contributed by atoms with E-state index in [-0.39, 0.29) is 17.9 Å². The van der Waals surface area contributed by atoms with Crippen molar-refractivity contribution >= 4 is 11.8 Å². The molecule has 0 saturated carbocycles. The summed E-state index contributed by atoms with van der Waals surface area (Å²) in [4.78, 5) is 25.5. The van der Waals surface area contributed by atoms with Gasteiger partial charge in [0, 0.05) is 37.8 Å². The molecular weight excluding hydrogens is 394 g/mol. The summed E-state index contributed by atoms with van der Waals surface area (Å²) in [5.74, 6) is 0.0628. The van der Waals surface area contributed by atoms with Gasteiger partial charge in [0.15, 0.2) is 0 Å². The molecule has 0 aliphatic carbocycles. The fourth-order valence-corrected chi connectivity index (χ4v) is 4.22. The molecule has 4 rings (SSSR count). The molecule has 2 aromatic rings. The van der Waals surface area contributed by atoms with Crippen LogP contribution in [0.1, 0.15) is 45.2 Å². The number of hydrogen-bond acceptors (Lipinski definition) is 5. The zero-order valence-electron chi connectivity index (χ0n) is 18.0. The van der Waals surface area contributed by atoms with E-state index in [1.54, 1.807) is 13.1 Å². The zero-order chi connectivity index (χ0) is 21.8. The predicted octanol–water partition coefficient (Wildman–Crippen LogP) is 1.85. The average Bonchev–Trinajstić information content (AvgIpc) is 3.17. The number of morpholine rings is 1. The number of nitrogens with one attached hydrogen (secondary N) is 3. The van der Waals surface area contributed by atoms with Crippen LogP contribution in [0.3, 0.4) is 0 Å². The monoisotopic (exact) mass is 423 g/mol. The largest absolute Gasteiger partial charge is 0.491 e. The van der Waals surface area contributed by atoms with Gasteiger partial charge in [-0.3, -0.25) is 9.59 Å². The van der Waals surface area contributed by atoms with E-state index < -0.39 is 5.41 Å². The molecule has 7 heteroatoms. The Kier molecular flexibility index (Phi) is 6.25. The smallest absolute Gasteiger partial charge is 0.254 e. The van der Waals surface area contributed by atoms with Gasteiger partial charge in [0.1, 0.15) is 12.4 Å². The molecule has 1 saturated heterocycles. The lowest BCUT2D eigenvalue weighted by Gasteiger charge is -2.24. The number of fused-ring (bicyclic) bond motifs is 1. The van der Waals surface area contributed by atoms with Crippen molar-refractivity contribution in [3.05, 3.63) is 64.7 Å². The van der Waals surface area contributed by atoms with Crippen molar-refractivity contribution in [2.24, 2.45) is 0 Å². The summed E-state index contributed by atoms with van der Waals surface area (Å²) < 4.78 is 11.7. The second-order valence-electron chi connectivity index (χ2n) is 8.21. The van der Waals surface area contributed by atoms with E-state index in [1.165, 1.54) is 0 Å². The van der Waals surface area contributed by atoms with Gasteiger partial charge in [0.2, 0.25) is 0 Å². The van der Waals surface area contributed by atoms with Crippen molar-refractivity contribution < 1.29 is 19.1 Å². The van der Waals surface area contributed by atoms with Crippen LogP contribution >= 0.6 is 0 Å². The van der Waals surface area contributed by atoms with Gasteiger partial charge in [-0.1, -0.05) is 30.3 Å². The third kappa shape index (κ3) is 4.29. The fourth-order valence-electron chi connectivity index (χ4n) is 4.22. The third-order valence-corrected chi connectivity index (χ3v) is 6.09. The third-order valence-electron chi connectivity index (χ3n) is 6.09. The number of hydrogen-bond donors (Lipinski definition) is 3. The molecule has 2 heterocycles. The van der Waals surface area contributed by atoms with Crippen LogP contribution in [0.5, 0.6) is 5.75 Å². The van der Waals surface area contributed by atoms with E-state index in [4.69, 9.17) is 9.47 Å². The normalized spacial score (nSPS) is 22.3. The lowest BCUT2D eigenvalue weighted by Crippen LogP contribution is -2.40. The Morgan fingerprint density at radius 2 is 2.00 bits per heavy atom. The molecule has 2 amide bonds. The summed E-state index contributed by atoms with van der Waals surface area (Å²) in [5.41, 5.74) is 2.32. The number of carbonyl (C=O) groups excluding carboxylic acids is 2. The van der Waals surface area contributed by atoms with Gasteiger partial charge in [-0.05, 0) is 31.0 Å². The summed E-state index contributed by atoms with van der Waals surface area (Å²) in [6, 6.07) is 13.5. The Labute approximate surface area is 182 Å². The van der Waals surface area contributed by atoms with E-state index in [0.29, 0.717) is 36.6 Å². The van der Waals surface area contributed by atoms with Crippen LogP contribution in [0.15, 0.2) is 42.5 Å². The predicted molar refractivity (Wildman–Crippen MR) is 118 cm³/mol. The Morgan fingerprint density at radius 3 is 2.71 bits per heavy atom. The highest BCUT2D eigenvalue weighted by Crippen LogP contribution is 2.45. The first-order valence-electron chi connectivity index (χ1n) is 10.7. The summed E-state index contributed by atoms with van der Waals surface area (Å²) in [6.45, 7) is 5.34. The highest BCUT2D eigenvalue weighted by molar-refractivity contribution is 6.02. The Balaban J connectivity index is 1.61. The first kappa shape index (κ1) is 21.3. The zero-order valence-corrected chi connectivity index (χ0v) is 18.0. The minimum absolute atomic E-state index is 0.102. The average molecular weight is 424 g/mol. The summed E-state index contributed by atoms with van der Waals surface area (Å²) in [7, 11) is 1.57. The minimum Gasteiger partial charge on any atom is -0.491 e. The number of ether oxygens (including phenoxy) is 2. The molecule has 7 nitrogen and oxygen atoms in total. The Hall–Kier alpha value is -2.90. The molecule has 2 aliphatic heterocycles. The SMILES string of the molecule is CNC(=O)c1cc(C(=O)NCC[C@@H]2CNCCO2)cc2c1OCC2(C)c1ccccc1. The molecule has 2 aromatic carbocycles. The Bertz CT molecular complexity index is 957. The van der Waals surface area contributed by atoms with Crippen LogP contribution < -0.4 is 20.7 Å². The second-order valence-corrected chi connectivity index (χ2v) is 8.21. The number of rotatable bonds is 6. The van der Waals surface area contributed by atoms with Gasteiger partial charge >= 0.3 is 0 Å². The number of carbonyl (C=O) groups is 2.